The number of nitrogens with one attached hydrogen (secondary N) is 1. The summed E-state index contributed by atoms with van der Waals surface area (Å²) in [6.07, 6.45) is 2.89. The Kier molecular flexibility index (Phi) is 4.32. The lowest BCUT2D eigenvalue weighted by atomic mass is 10.1. The lowest BCUT2D eigenvalue weighted by Crippen LogP contribution is -2.28. The van der Waals surface area contributed by atoms with E-state index in [0.717, 1.165) is 18.5 Å². The molecule has 0 radical (unpaired) electrons. The first-order valence-electron chi connectivity index (χ1n) is 6.47. The van der Waals surface area contributed by atoms with Gasteiger partial charge in [-0.1, -0.05) is 44.2 Å². The average Bonchev–Trinajstić information content (AvgIpc) is 2.63. The highest BCUT2D eigenvalue weighted by Crippen LogP contribution is 2.18. The molecule has 1 N–H and O–H groups in total. The molecule has 0 spiro atoms. The predicted octanol–water partition coefficient (Wildman–Crippen LogP) is 2.79. The number of thiocarbonyl (C=S) groups is 1. The minimum atomic E-state index is -0.113. The van der Waals surface area contributed by atoms with Crippen molar-refractivity contribution in [2.75, 3.05) is 6.54 Å². The van der Waals surface area contributed by atoms with Gasteiger partial charge in [-0.2, -0.15) is 0 Å². The minimum absolute atomic E-state index is 0.113. The van der Waals surface area contributed by atoms with Crippen LogP contribution in [0.4, 0.5) is 0 Å². The molecule has 100 valence electrons. The van der Waals surface area contributed by atoms with Crippen molar-refractivity contribution in [1.29, 1.82) is 0 Å². The zero-order chi connectivity index (χ0) is 13.8. The first-order valence-corrected chi connectivity index (χ1v) is 6.88. The number of amides is 1. The normalized spacial score (nSPS) is 17.4. The molecule has 1 aliphatic heterocycles. The molecule has 0 aliphatic carbocycles. The second-order valence-electron chi connectivity index (χ2n) is 5.03. The van der Waals surface area contributed by atoms with Gasteiger partial charge >= 0.3 is 0 Å². The van der Waals surface area contributed by atoms with Gasteiger partial charge in [-0.3, -0.25) is 10.1 Å². The van der Waals surface area contributed by atoms with E-state index in [1.165, 1.54) is 0 Å². The van der Waals surface area contributed by atoms with Gasteiger partial charge in [0, 0.05) is 6.54 Å². The summed E-state index contributed by atoms with van der Waals surface area (Å²) in [6, 6.07) is 9.81. The van der Waals surface area contributed by atoms with Gasteiger partial charge < -0.3 is 4.90 Å². The van der Waals surface area contributed by atoms with Crippen LogP contribution in [0.3, 0.4) is 0 Å². The van der Waals surface area contributed by atoms with Crippen LogP contribution in [0, 0.1) is 5.92 Å². The molecule has 0 atom stereocenters. The molecule has 1 aromatic rings. The maximum absolute atomic E-state index is 11.9. The molecule has 1 amide bonds. The first-order chi connectivity index (χ1) is 9.08. The number of hydrogen-bond donors (Lipinski definition) is 1. The van der Waals surface area contributed by atoms with Crippen molar-refractivity contribution >= 4 is 29.3 Å². The van der Waals surface area contributed by atoms with Gasteiger partial charge in [0.25, 0.3) is 5.91 Å². The summed E-state index contributed by atoms with van der Waals surface area (Å²) < 4.78 is 0. The van der Waals surface area contributed by atoms with Crippen LogP contribution in [0.1, 0.15) is 25.8 Å². The SMILES string of the molecule is CC(C)CCN1C(=S)NC(=O)/C1=C\c1ccccc1. The van der Waals surface area contributed by atoms with Crippen LogP contribution in [0.5, 0.6) is 0 Å². The molecule has 3 nitrogen and oxygen atoms in total. The monoisotopic (exact) mass is 274 g/mol. The summed E-state index contributed by atoms with van der Waals surface area (Å²) in [5.41, 5.74) is 1.64. The third-order valence-electron chi connectivity index (χ3n) is 3.02. The summed E-state index contributed by atoms with van der Waals surface area (Å²) in [5, 5.41) is 3.22. The van der Waals surface area contributed by atoms with Crippen molar-refractivity contribution in [2.45, 2.75) is 20.3 Å². The zero-order valence-corrected chi connectivity index (χ0v) is 12.0. The Morgan fingerprint density at radius 1 is 1.32 bits per heavy atom. The van der Waals surface area contributed by atoms with E-state index in [0.29, 0.717) is 16.7 Å². The summed E-state index contributed by atoms with van der Waals surface area (Å²) in [5.74, 6) is 0.467. The van der Waals surface area contributed by atoms with Crippen molar-refractivity contribution in [2.24, 2.45) is 5.92 Å². The quantitative estimate of drug-likeness (QED) is 0.677. The summed E-state index contributed by atoms with van der Waals surface area (Å²) in [4.78, 5) is 13.8. The Hall–Kier alpha value is -1.68. The van der Waals surface area contributed by atoms with Crippen LogP contribution >= 0.6 is 12.2 Å². The molecule has 1 heterocycles. The fourth-order valence-electron chi connectivity index (χ4n) is 1.92. The second kappa shape index (κ2) is 5.97. The molecule has 4 heteroatoms. The zero-order valence-electron chi connectivity index (χ0n) is 11.2. The number of hydrogen-bond acceptors (Lipinski definition) is 2. The molecular formula is C15H18N2OS. The van der Waals surface area contributed by atoms with Crippen LogP contribution in [0.2, 0.25) is 0 Å². The van der Waals surface area contributed by atoms with E-state index in [-0.39, 0.29) is 5.91 Å². The van der Waals surface area contributed by atoms with E-state index >= 15 is 0 Å². The van der Waals surface area contributed by atoms with Crippen molar-refractivity contribution in [1.82, 2.24) is 10.2 Å². The van der Waals surface area contributed by atoms with E-state index < -0.39 is 0 Å². The Morgan fingerprint density at radius 2 is 2.00 bits per heavy atom. The summed E-state index contributed by atoms with van der Waals surface area (Å²) in [7, 11) is 0. The number of benzene rings is 1. The maximum atomic E-state index is 11.9. The van der Waals surface area contributed by atoms with Crippen LogP contribution in [0.15, 0.2) is 36.0 Å². The van der Waals surface area contributed by atoms with Crippen LogP contribution < -0.4 is 5.32 Å². The second-order valence-corrected chi connectivity index (χ2v) is 5.42. The molecule has 0 bridgehead atoms. The number of carbonyl (C=O) groups excluding carboxylic acids is 1. The Balaban J connectivity index is 2.22. The topological polar surface area (TPSA) is 32.3 Å². The highest BCUT2D eigenvalue weighted by molar-refractivity contribution is 7.80. The number of nitrogens with zero attached hydrogens (tertiary/aromatic N) is 1. The van der Waals surface area contributed by atoms with Gasteiger partial charge in [0.1, 0.15) is 5.70 Å². The van der Waals surface area contributed by atoms with Gasteiger partial charge in [0.2, 0.25) is 0 Å². The highest BCUT2D eigenvalue weighted by atomic mass is 32.1. The van der Waals surface area contributed by atoms with E-state index in [4.69, 9.17) is 12.2 Å². The van der Waals surface area contributed by atoms with Gasteiger partial charge in [-0.15, -0.1) is 0 Å². The third-order valence-corrected chi connectivity index (χ3v) is 3.34. The maximum Gasteiger partial charge on any atom is 0.274 e. The van der Waals surface area contributed by atoms with Crippen LogP contribution in [-0.4, -0.2) is 22.5 Å². The molecule has 19 heavy (non-hydrogen) atoms. The standard InChI is InChI=1S/C15H18N2OS/c1-11(2)8-9-17-13(14(18)16-15(17)19)10-12-6-4-3-5-7-12/h3-7,10-11H,8-9H2,1-2H3,(H,16,18,19)/b13-10+. The van der Waals surface area contributed by atoms with E-state index in [2.05, 4.69) is 19.2 Å². The Morgan fingerprint density at radius 3 is 2.63 bits per heavy atom. The van der Waals surface area contributed by atoms with E-state index in [1.54, 1.807) is 0 Å². The van der Waals surface area contributed by atoms with Crippen molar-refractivity contribution in [3.8, 4) is 0 Å². The molecule has 1 saturated heterocycles. The van der Waals surface area contributed by atoms with E-state index in [9.17, 15) is 4.79 Å². The van der Waals surface area contributed by atoms with Crippen molar-refractivity contribution < 1.29 is 4.79 Å². The lowest BCUT2D eigenvalue weighted by Gasteiger charge is -2.18. The minimum Gasteiger partial charge on any atom is -0.314 e. The van der Waals surface area contributed by atoms with Crippen molar-refractivity contribution in [3.63, 3.8) is 0 Å². The molecule has 1 aromatic carbocycles. The fourth-order valence-corrected chi connectivity index (χ4v) is 2.20. The van der Waals surface area contributed by atoms with Gasteiger partial charge in [-0.05, 0) is 36.2 Å². The molecule has 1 fully saturated rings. The lowest BCUT2D eigenvalue weighted by molar-refractivity contribution is -0.115. The fraction of sp³-hybridized carbons (Fsp3) is 0.333. The Bertz CT molecular complexity index is 508. The first kappa shape index (κ1) is 13.7. The molecular weight excluding hydrogens is 256 g/mol. The molecule has 0 saturated carbocycles. The van der Waals surface area contributed by atoms with Gasteiger partial charge in [0.15, 0.2) is 5.11 Å². The highest BCUT2D eigenvalue weighted by Gasteiger charge is 2.29. The number of carbonyl (C=O) groups is 1. The molecule has 0 aromatic heterocycles. The number of rotatable bonds is 4. The predicted molar refractivity (Wildman–Crippen MR) is 81.3 cm³/mol. The van der Waals surface area contributed by atoms with Crippen molar-refractivity contribution in [3.05, 3.63) is 41.6 Å². The van der Waals surface area contributed by atoms with Crippen LogP contribution in [0.25, 0.3) is 6.08 Å². The average molecular weight is 274 g/mol. The van der Waals surface area contributed by atoms with Gasteiger partial charge in [-0.25, -0.2) is 0 Å². The molecule has 1 aliphatic rings. The van der Waals surface area contributed by atoms with E-state index in [1.807, 2.05) is 41.3 Å². The summed E-state index contributed by atoms with van der Waals surface area (Å²) >= 11 is 5.22. The molecule has 2 rings (SSSR count). The largest absolute Gasteiger partial charge is 0.314 e. The summed E-state index contributed by atoms with van der Waals surface area (Å²) in [6.45, 7) is 5.10. The van der Waals surface area contributed by atoms with Crippen LogP contribution in [-0.2, 0) is 4.79 Å². The Labute approximate surface area is 119 Å². The van der Waals surface area contributed by atoms with Gasteiger partial charge in [0.05, 0.1) is 0 Å². The third kappa shape index (κ3) is 3.41. The smallest absolute Gasteiger partial charge is 0.274 e. The molecule has 0 unspecified atom stereocenters.